The Morgan fingerprint density at radius 1 is 1.15 bits per heavy atom. The Labute approximate surface area is 120 Å². The van der Waals surface area contributed by atoms with Crippen molar-refractivity contribution in [3.8, 4) is 6.07 Å². The van der Waals surface area contributed by atoms with Crippen molar-refractivity contribution >= 4 is 10.1 Å². The highest BCUT2D eigenvalue weighted by Gasteiger charge is 2.21. The molecule has 4 nitrogen and oxygen atoms in total. The van der Waals surface area contributed by atoms with Gasteiger partial charge in [0.1, 0.15) is 0 Å². The molecule has 1 aromatic rings. The summed E-state index contributed by atoms with van der Waals surface area (Å²) in [5.74, 6) is 0.373. The quantitative estimate of drug-likeness (QED) is 0.783. The third-order valence-electron chi connectivity index (χ3n) is 3.65. The molecule has 0 atom stereocenters. The van der Waals surface area contributed by atoms with Gasteiger partial charge in [-0.3, -0.25) is 4.18 Å². The maximum atomic E-state index is 11.9. The Kier molecular flexibility index (Phi) is 5.16. The molecule has 0 bridgehead atoms. The van der Waals surface area contributed by atoms with E-state index in [1.54, 1.807) is 24.3 Å². The van der Waals surface area contributed by atoms with Gasteiger partial charge in [0.25, 0.3) is 10.1 Å². The zero-order valence-electron chi connectivity index (χ0n) is 11.4. The van der Waals surface area contributed by atoms with Gasteiger partial charge in [-0.1, -0.05) is 31.4 Å². The van der Waals surface area contributed by atoms with Gasteiger partial charge < -0.3 is 0 Å². The van der Waals surface area contributed by atoms with Gasteiger partial charge in [0.2, 0.25) is 0 Å². The van der Waals surface area contributed by atoms with Crippen LogP contribution in [0.5, 0.6) is 0 Å². The second-order valence-electron chi connectivity index (χ2n) is 5.30. The zero-order chi connectivity index (χ0) is 14.4. The minimum absolute atomic E-state index is 0.0424. The minimum atomic E-state index is -3.46. The second kappa shape index (κ2) is 6.87. The second-order valence-corrected chi connectivity index (χ2v) is 6.98. The summed E-state index contributed by atoms with van der Waals surface area (Å²) in [6, 6.07) is 8.77. The van der Waals surface area contributed by atoms with Crippen LogP contribution in [0.15, 0.2) is 24.3 Å². The van der Waals surface area contributed by atoms with Crippen LogP contribution in [0.4, 0.5) is 0 Å². The molecule has 20 heavy (non-hydrogen) atoms. The van der Waals surface area contributed by atoms with E-state index in [-0.39, 0.29) is 18.3 Å². The van der Waals surface area contributed by atoms with Crippen LogP contribution < -0.4 is 0 Å². The lowest BCUT2D eigenvalue weighted by Crippen LogP contribution is -2.20. The standard InChI is InChI=1S/C15H19NO3S/c16-10-13-6-8-14(9-7-13)11-19-20(17,18)12-15-4-2-1-3-5-15/h6-9,15H,1-5,11-12H2. The van der Waals surface area contributed by atoms with E-state index in [4.69, 9.17) is 9.44 Å². The van der Waals surface area contributed by atoms with E-state index in [9.17, 15) is 8.42 Å². The normalized spacial score (nSPS) is 16.8. The summed E-state index contributed by atoms with van der Waals surface area (Å²) in [7, 11) is -3.46. The average molecular weight is 293 g/mol. The molecule has 0 unspecified atom stereocenters. The Bertz CT molecular complexity index is 566. The number of rotatable bonds is 5. The van der Waals surface area contributed by atoms with Gasteiger partial charge >= 0.3 is 0 Å². The van der Waals surface area contributed by atoms with Gasteiger partial charge in [-0.15, -0.1) is 0 Å². The molecule has 0 N–H and O–H groups in total. The Morgan fingerprint density at radius 2 is 1.80 bits per heavy atom. The highest BCUT2D eigenvalue weighted by Crippen LogP contribution is 2.25. The lowest BCUT2D eigenvalue weighted by Gasteiger charge is -2.20. The first-order chi connectivity index (χ1) is 9.59. The highest BCUT2D eigenvalue weighted by molar-refractivity contribution is 7.86. The van der Waals surface area contributed by atoms with Crippen molar-refractivity contribution < 1.29 is 12.6 Å². The van der Waals surface area contributed by atoms with Gasteiger partial charge in [0, 0.05) is 0 Å². The van der Waals surface area contributed by atoms with Gasteiger partial charge in [-0.05, 0) is 36.5 Å². The van der Waals surface area contributed by atoms with E-state index in [0.717, 1.165) is 31.2 Å². The molecule has 0 heterocycles. The molecule has 1 saturated carbocycles. The molecular formula is C15H19NO3S. The lowest BCUT2D eigenvalue weighted by molar-refractivity contribution is 0.296. The van der Waals surface area contributed by atoms with E-state index in [1.807, 2.05) is 6.07 Å². The molecule has 0 aliphatic heterocycles. The number of hydrogen-bond acceptors (Lipinski definition) is 4. The molecule has 1 aliphatic rings. The average Bonchev–Trinajstić information content (AvgIpc) is 2.46. The van der Waals surface area contributed by atoms with E-state index in [1.165, 1.54) is 6.42 Å². The van der Waals surface area contributed by atoms with Crippen molar-refractivity contribution in [1.82, 2.24) is 0 Å². The molecule has 0 spiro atoms. The van der Waals surface area contributed by atoms with Crippen molar-refractivity contribution in [3.05, 3.63) is 35.4 Å². The fraction of sp³-hybridized carbons (Fsp3) is 0.533. The summed E-state index contributed by atoms with van der Waals surface area (Å²) in [6.45, 7) is 0.0424. The molecule has 5 heteroatoms. The molecule has 0 saturated heterocycles. The molecule has 0 aromatic heterocycles. The van der Waals surface area contributed by atoms with E-state index in [2.05, 4.69) is 0 Å². The van der Waals surface area contributed by atoms with Crippen molar-refractivity contribution in [2.24, 2.45) is 5.92 Å². The van der Waals surface area contributed by atoms with Crippen LogP contribution in [0, 0.1) is 17.2 Å². The van der Waals surface area contributed by atoms with E-state index in [0.29, 0.717) is 5.56 Å². The Hall–Kier alpha value is -1.38. The number of hydrogen-bond donors (Lipinski definition) is 0. The van der Waals surface area contributed by atoms with Crippen LogP contribution in [0.2, 0.25) is 0 Å². The first-order valence-electron chi connectivity index (χ1n) is 6.95. The Morgan fingerprint density at radius 3 is 2.40 bits per heavy atom. The van der Waals surface area contributed by atoms with Crippen LogP contribution in [0.3, 0.4) is 0 Å². The summed E-state index contributed by atoms with van der Waals surface area (Å²) < 4.78 is 28.9. The molecule has 1 aromatic carbocycles. The first-order valence-corrected chi connectivity index (χ1v) is 8.53. The van der Waals surface area contributed by atoms with Crippen molar-refractivity contribution in [3.63, 3.8) is 0 Å². The number of nitrogens with zero attached hydrogens (tertiary/aromatic N) is 1. The summed E-state index contributed by atoms with van der Waals surface area (Å²) >= 11 is 0. The molecule has 108 valence electrons. The topological polar surface area (TPSA) is 67.2 Å². The smallest absolute Gasteiger partial charge is 0.265 e. The molecule has 2 rings (SSSR count). The highest BCUT2D eigenvalue weighted by atomic mass is 32.2. The van der Waals surface area contributed by atoms with E-state index < -0.39 is 10.1 Å². The predicted molar refractivity (Wildman–Crippen MR) is 76.3 cm³/mol. The van der Waals surface area contributed by atoms with Crippen LogP contribution in [-0.2, 0) is 20.9 Å². The fourth-order valence-electron chi connectivity index (χ4n) is 2.52. The maximum absolute atomic E-state index is 11.9. The third-order valence-corrected chi connectivity index (χ3v) is 5.01. The largest absolute Gasteiger partial charge is 0.267 e. The van der Waals surface area contributed by atoms with Crippen LogP contribution in [0.1, 0.15) is 43.2 Å². The zero-order valence-corrected chi connectivity index (χ0v) is 12.2. The van der Waals surface area contributed by atoms with Crippen LogP contribution in [-0.4, -0.2) is 14.2 Å². The Balaban J connectivity index is 1.86. The van der Waals surface area contributed by atoms with Crippen LogP contribution in [0.25, 0.3) is 0 Å². The molecule has 0 radical (unpaired) electrons. The fourth-order valence-corrected chi connectivity index (χ4v) is 3.85. The maximum Gasteiger partial charge on any atom is 0.267 e. The van der Waals surface area contributed by atoms with Crippen molar-refractivity contribution in [2.45, 2.75) is 38.7 Å². The number of benzene rings is 1. The van der Waals surface area contributed by atoms with Crippen molar-refractivity contribution in [2.75, 3.05) is 5.75 Å². The SMILES string of the molecule is N#Cc1ccc(COS(=O)(=O)CC2CCCCC2)cc1. The summed E-state index contributed by atoms with van der Waals surface area (Å²) in [5, 5.41) is 8.69. The summed E-state index contributed by atoms with van der Waals surface area (Å²) in [5.41, 5.74) is 1.31. The summed E-state index contributed by atoms with van der Waals surface area (Å²) in [6.07, 6.45) is 5.42. The van der Waals surface area contributed by atoms with E-state index >= 15 is 0 Å². The monoisotopic (exact) mass is 293 g/mol. The lowest BCUT2D eigenvalue weighted by atomic mass is 9.91. The van der Waals surface area contributed by atoms with Crippen LogP contribution >= 0.6 is 0 Å². The number of nitriles is 1. The summed E-state index contributed by atoms with van der Waals surface area (Å²) in [4.78, 5) is 0. The minimum Gasteiger partial charge on any atom is -0.265 e. The van der Waals surface area contributed by atoms with Gasteiger partial charge in [-0.25, -0.2) is 0 Å². The third kappa shape index (κ3) is 4.62. The molecule has 1 fully saturated rings. The molecule has 1 aliphatic carbocycles. The molecular weight excluding hydrogens is 274 g/mol. The van der Waals surface area contributed by atoms with Gasteiger partial charge in [0.05, 0.1) is 24.0 Å². The van der Waals surface area contributed by atoms with Gasteiger partial charge in [-0.2, -0.15) is 13.7 Å². The molecule has 0 amide bonds. The predicted octanol–water partition coefficient (Wildman–Crippen LogP) is 2.98. The van der Waals surface area contributed by atoms with Gasteiger partial charge in [0.15, 0.2) is 0 Å². The first kappa shape index (κ1) is 15.0. The van der Waals surface area contributed by atoms with Crippen molar-refractivity contribution in [1.29, 1.82) is 5.26 Å².